The van der Waals surface area contributed by atoms with Gasteiger partial charge in [0.15, 0.2) is 17.3 Å². The van der Waals surface area contributed by atoms with Crippen molar-refractivity contribution in [2.24, 2.45) is 5.10 Å². The second kappa shape index (κ2) is 9.03. The van der Waals surface area contributed by atoms with E-state index in [0.717, 1.165) is 11.1 Å². The maximum absolute atomic E-state index is 6.42. The maximum Gasteiger partial charge on any atom is 0.216 e. The molecule has 146 valence electrons. The van der Waals surface area contributed by atoms with Gasteiger partial charge in [-0.05, 0) is 50.7 Å². The Bertz CT molecular complexity index is 1030. The van der Waals surface area contributed by atoms with Gasteiger partial charge in [0.2, 0.25) is 4.77 Å². The summed E-state index contributed by atoms with van der Waals surface area (Å²) in [6.07, 6.45) is 1.64. The molecule has 0 radical (unpaired) electrons. The number of rotatable bonds is 7. The van der Waals surface area contributed by atoms with Gasteiger partial charge in [0.05, 0.1) is 23.9 Å². The standard InChI is InChI=1S/C20H21ClN4O2S/c1-4-26-17-11-14(10-16(21)18(17)27-13(2)3)12-22-25-19(23-24-20(25)28)15-8-6-5-7-9-15/h5-13H,4H2,1-3H3,(H,24,28)/b22-12-. The Balaban J connectivity index is 1.97. The lowest BCUT2D eigenvalue weighted by Gasteiger charge is -2.16. The summed E-state index contributed by atoms with van der Waals surface area (Å²) in [4.78, 5) is 0. The Morgan fingerprint density at radius 1 is 1.29 bits per heavy atom. The quantitative estimate of drug-likeness (QED) is 0.417. The summed E-state index contributed by atoms with van der Waals surface area (Å²) in [6, 6.07) is 13.3. The summed E-state index contributed by atoms with van der Waals surface area (Å²) in [5.74, 6) is 1.72. The van der Waals surface area contributed by atoms with Crippen molar-refractivity contribution in [1.82, 2.24) is 14.9 Å². The molecule has 1 N–H and O–H groups in total. The molecule has 0 amide bonds. The second-order valence-corrected chi connectivity index (χ2v) is 7.00. The first kappa shape index (κ1) is 20.1. The second-order valence-electron chi connectivity index (χ2n) is 6.20. The Labute approximate surface area is 173 Å². The van der Waals surface area contributed by atoms with E-state index in [1.54, 1.807) is 17.0 Å². The third-order valence-corrected chi connectivity index (χ3v) is 4.23. The SMILES string of the molecule is CCOc1cc(/C=N\n2c(-c3ccccc3)n[nH]c2=S)cc(Cl)c1OC(C)C. The van der Waals surface area contributed by atoms with Crippen molar-refractivity contribution in [2.75, 3.05) is 6.61 Å². The zero-order valence-corrected chi connectivity index (χ0v) is 17.4. The lowest BCUT2D eigenvalue weighted by atomic mass is 10.2. The third-order valence-electron chi connectivity index (χ3n) is 3.69. The lowest BCUT2D eigenvalue weighted by molar-refractivity contribution is 0.224. The smallest absolute Gasteiger partial charge is 0.216 e. The van der Waals surface area contributed by atoms with E-state index in [0.29, 0.717) is 33.7 Å². The predicted molar refractivity (Wildman–Crippen MR) is 114 cm³/mol. The van der Waals surface area contributed by atoms with Gasteiger partial charge in [-0.3, -0.25) is 0 Å². The minimum atomic E-state index is -0.0195. The molecule has 0 saturated carbocycles. The number of halogens is 1. The van der Waals surface area contributed by atoms with Gasteiger partial charge in [-0.15, -0.1) is 0 Å². The van der Waals surface area contributed by atoms with E-state index in [1.165, 1.54) is 0 Å². The van der Waals surface area contributed by atoms with E-state index in [9.17, 15) is 0 Å². The number of ether oxygens (including phenoxy) is 2. The number of hydrogen-bond donors (Lipinski definition) is 1. The highest BCUT2D eigenvalue weighted by Gasteiger charge is 2.14. The summed E-state index contributed by atoms with van der Waals surface area (Å²) in [7, 11) is 0. The van der Waals surface area contributed by atoms with Gasteiger partial charge in [0, 0.05) is 5.56 Å². The largest absolute Gasteiger partial charge is 0.490 e. The molecule has 0 bridgehead atoms. The monoisotopic (exact) mass is 416 g/mol. The van der Waals surface area contributed by atoms with Gasteiger partial charge in [-0.1, -0.05) is 41.9 Å². The lowest BCUT2D eigenvalue weighted by Crippen LogP contribution is -2.08. The van der Waals surface area contributed by atoms with Gasteiger partial charge in [-0.25, -0.2) is 5.10 Å². The predicted octanol–water partition coefficient (Wildman–Crippen LogP) is 5.33. The van der Waals surface area contributed by atoms with Gasteiger partial charge in [-0.2, -0.15) is 14.9 Å². The molecule has 0 unspecified atom stereocenters. The van der Waals surface area contributed by atoms with Crippen LogP contribution < -0.4 is 9.47 Å². The molecule has 0 atom stereocenters. The van der Waals surface area contributed by atoms with Gasteiger partial charge >= 0.3 is 0 Å². The van der Waals surface area contributed by atoms with Crippen LogP contribution in [0.1, 0.15) is 26.3 Å². The number of benzene rings is 2. The molecule has 2 aromatic carbocycles. The Morgan fingerprint density at radius 2 is 2.04 bits per heavy atom. The fourth-order valence-electron chi connectivity index (χ4n) is 2.57. The number of aromatic amines is 1. The average molecular weight is 417 g/mol. The Hall–Kier alpha value is -2.64. The number of aromatic nitrogens is 3. The summed E-state index contributed by atoms with van der Waals surface area (Å²) in [5, 5.41) is 12.0. The summed E-state index contributed by atoms with van der Waals surface area (Å²) in [6.45, 7) is 6.28. The van der Waals surface area contributed by atoms with Crippen LogP contribution in [0.15, 0.2) is 47.6 Å². The van der Waals surface area contributed by atoms with Crippen LogP contribution in [0.2, 0.25) is 5.02 Å². The molecule has 0 aliphatic heterocycles. The minimum Gasteiger partial charge on any atom is -0.490 e. The first-order valence-electron chi connectivity index (χ1n) is 8.89. The van der Waals surface area contributed by atoms with Crippen molar-refractivity contribution in [2.45, 2.75) is 26.9 Å². The first-order chi connectivity index (χ1) is 13.5. The van der Waals surface area contributed by atoms with E-state index >= 15 is 0 Å². The fraction of sp³-hybridized carbons (Fsp3) is 0.250. The fourth-order valence-corrected chi connectivity index (χ4v) is 3.02. The first-order valence-corrected chi connectivity index (χ1v) is 9.68. The summed E-state index contributed by atoms with van der Waals surface area (Å²) in [5.41, 5.74) is 1.66. The van der Waals surface area contributed by atoms with Crippen LogP contribution in [0.25, 0.3) is 11.4 Å². The number of hydrogen-bond acceptors (Lipinski definition) is 5. The van der Waals surface area contributed by atoms with Gasteiger partial charge < -0.3 is 9.47 Å². The summed E-state index contributed by atoms with van der Waals surface area (Å²) >= 11 is 11.7. The normalized spacial score (nSPS) is 11.3. The van der Waals surface area contributed by atoms with Crippen molar-refractivity contribution in [1.29, 1.82) is 0 Å². The van der Waals surface area contributed by atoms with Crippen molar-refractivity contribution in [3.63, 3.8) is 0 Å². The molecule has 0 saturated heterocycles. The molecule has 0 aliphatic rings. The zero-order valence-electron chi connectivity index (χ0n) is 15.8. The molecule has 0 aliphatic carbocycles. The van der Waals surface area contributed by atoms with Gasteiger partial charge in [0.1, 0.15) is 0 Å². The summed E-state index contributed by atoms with van der Waals surface area (Å²) < 4.78 is 13.4. The minimum absolute atomic E-state index is 0.0195. The highest BCUT2D eigenvalue weighted by molar-refractivity contribution is 7.71. The van der Waals surface area contributed by atoms with Crippen molar-refractivity contribution in [3.05, 3.63) is 57.8 Å². The molecule has 1 heterocycles. The van der Waals surface area contributed by atoms with E-state index in [-0.39, 0.29) is 6.10 Å². The zero-order chi connectivity index (χ0) is 20.1. The Kier molecular flexibility index (Phi) is 6.49. The topological polar surface area (TPSA) is 64.4 Å². The molecule has 6 nitrogen and oxygen atoms in total. The van der Waals surface area contributed by atoms with E-state index in [1.807, 2.05) is 57.2 Å². The van der Waals surface area contributed by atoms with Crippen LogP contribution in [0.5, 0.6) is 11.5 Å². The van der Waals surface area contributed by atoms with Crippen LogP contribution in [-0.4, -0.2) is 33.8 Å². The van der Waals surface area contributed by atoms with E-state index < -0.39 is 0 Å². The number of nitrogens with one attached hydrogen (secondary N) is 1. The molecule has 3 aromatic rings. The highest BCUT2D eigenvalue weighted by Crippen LogP contribution is 2.37. The van der Waals surface area contributed by atoms with Crippen molar-refractivity contribution < 1.29 is 9.47 Å². The molecule has 1 aromatic heterocycles. The average Bonchev–Trinajstić information content (AvgIpc) is 3.04. The molecule has 0 spiro atoms. The molecular weight excluding hydrogens is 396 g/mol. The molecule has 3 rings (SSSR count). The van der Waals surface area contributed by atoms with Gasteiger partial charge in [0.25, 0.3) is 0 Å². The van der Waals surface area contributed by atoms with E-state index in [4.69, 9.17) is 33.3 Å². The van der Waals surface area contributed by atoms with Crippen molar-refractivity contribution in [3.8, 4) is 22.9 Å². The molecular formula is C20H21ClN4O2S. The Morgan fingerprint density at radius 3 is 2.71 bits per heavy atom. The molecule has 28 heavy (non-hydrogen) atoms. The maximum atomic E-state index is 6.42. The highest BCUT2D eigenvalue weighted by atomic mass is 35.5. The third kappa shape index (κ3) is 4.61. The van der Waals surface area contributed by atoms with Crippen LogP contribution in [0.3, 0.4) is 0 Å². The van der Waals surface area contributed by atoms with Crippen LogP contribution >= 0.6 is 23.8 Å². The van der Waals surface area contributed by atoms with Crippen LogP contribution in [-0.2, 0) is 0 Å². The number of H-pyrrole nitrogens is 1. The molecule has 8 heteroatoms. The molecule has 0 fully saturated rings. The van der Waals surface area contributed by atoms with Crippen LogP contribution in [0, 0.1) is 4.77 Å². The van der Waals surface area contributed by atoms with Crippen molar-refractivity contribution >= 4 is 30.0 Å². The number of nitrogens with zero attached hydrogens (tertiary/aromatic N) is 3. The van der Waals surface area contributed by atoms with Crippen LogP contribution in [0.4, 0.5) is 0 Å². The van der Waals surface area contributed by atoms with E-state index in [2.05, 4.69) is 15.3 Å².